The number of likely N-dealkylation sites (tertiary alicyclic amines) is 1. The quantitative estimate of drug-likeness (QED) is 0.786. The average molecular weight is 410 g/mol. The lowest BCUT2D eigenvalue weighted by molar-refractivity contribution is -0.151. The second-order valence-corrected chi connectivity index (χ2v) is 8.92. The molecule has 0 bridgehead atoms. The predicted octanol–water partition coefficient (Wildman–Crippen LogP) is 3.54. The van der Waals surface area contributed by atoms with Gasteiger partial charge in [0.1, 0.15) is 0 Å². The molecule has 1 saturated carbocycles. The Morgan fingerprint density at radius 1 is 1.17 bits per heavy atom. The molecule has 6 heteroatoms. The van der Waals surface area contributed by atoms with Crippen LogP contribution in [0.2, 0.25) is 5.02 Å². The standard InChI is InChI=1S/C23H24ClN3O2/c1-14(28)27(21-6-5-16-11-25-12-18(16)9-21)23(13-26(2)22(23)29)19-7-17(15-3-4-15)8-20(24)10-19/h5-10,15,25H,3-4,11-13H2,1-2H3/t23-/m0/s1. The molecule has 2 aliphatic heterocycles. The van der Waals surface area contributed by atoms with Crippen molar-refractivity contribution in [3.05, 3.63) is 63.7 Å². The van der Waals surface area contributed by atoms with Crippen molar-refractivity contribution in [1.29, 1.82) is 0 Å². The van der Waals surface area contributed by atoms with Crippen LogP contribution in [-0.2, 0) is 28.2 Å². The van der Waals surface area contributed by atoms with Gasteiger partial charge in [-0.3, -0.25) is 14.5 Å². The normalized spacial score (nSPS) is 23.0. The Labute approximate surface area is 175 Å². The second kappa shape index (κ2) is 6.57. The van der Waals surface area contributed by atoms with Gasteiger partial charge >= 0.3 is 0 Å². The van der Waals surface area contributed by atoms with E-state index in [-0.39, 0.29) is 11.8 Å². The lowest BCUT2D eigenvalue weighted by atomic mass is 9.78. The SMILES string of the molecule is CC(=O)N(c1ccc2c(c1)CNC2)[C@]1(c2cc(Cl)cc(C3CC3)c2)CN(C)C1=O. The van der Waals surface area contributed by atoms with Crippen LogP contribution < -0.4 is 10.2 Å². The molecule has 2 aromatic carbocycles. The van der Waals surface area contributed by atoms with E-state index in [1.165, 1.54) is 18.1 Å². The van der Waals surface area contributed by atoms with Gasteiger partial charge in [0.2, 0.25) is 5.91 Å². The largest absolute Gasteiger partial charge is 0.340 e. The number of anilines is 1. The summed E-state index contributed by atoms with van der Waals surface area (Å²) in [4.78, 5) is 29.6. The Bertz CT molecular complexity index is 1030. The smallest absolute Gasteiger partial charge is 0.255 e. The second-order valence-electron chi connectivity index (χ2n) is 8.48. The van der Waals surface area contributed by atoms with Crippen LogP contribution in [0.4, 0.5) is 5.69 Å². The fourth-order valence-corrected chi connectivity index (χ4v) is 5.06. The summed E-state index contributed by atoms with van der Waals surface area (Å²) >= 11 is 6.46. The number of amides is 2. The number of halogens is 1. The molecule has 1 atom stereocenters. The summed E-state index contributed by atoms with van der Waals surface area (Å²) in [5.41, 5.74) is 4.10. The number of nitrogens with zero attached hydrogens (tertiary/aromatic N) is 2. The highest BCUT2D eigenvalue weighted by molar-refractivity contribution is 6.30. The van der Waals surface area contributed by atoms with Crippen molar-refractivity contribution in [2.45, 2.75) is 44.3 Å². The highest BCUT2D eigenvalue weighted by Crippen LogP contribution is 2.46. The number of rotatable bonds is 4. The van der Waals surface area contributed by atoms with Crippen LogP contribution in [0.1, 0.15) is 47.9 Å². The van der Waals surface area contributed by atoms with Gasteiger partial charge in [-0.05, 0) is 65.3 Å². The number of β-lactam (4-membered cyclic amide) rings is 1. The summed E-state index contributed by atoms with van der Waals surface area (Å²) < 4.78 is 0. The zero-order chi connectivity index (χ0) is 20.3. The van der Waals surface area contributed by atoms with E-state index < -0.39 is 5.54 Å². The fourth-order valence-electron chi connectivity index (χ4n) is 4.81. The van der Waals surface area contributed by atoms with Crippen LogP contribution in [0.25, 0.3) is 0 Å². The minimum absolute atomic E-state index is 0.0738. The van der Waals surface area contributed by atoms with Crippen LogP contribution in [0, 0.1) is 0 Å². The van der Waals surface area contributed by atoms with E-state index in [1.807, 2.05) is 24.3 Å². The van der Waals surface area contributed by atoms with E-state index in [0.29, 0.717) is 17.5 Å². The van der Waals surface area contributed by atoms with Crippen LogP contribution in [0.3, 0.4) is 0 Å². The Morgan fingerprint density at radius 2 is 1.93 bits per heavy atom. The first kappa shape index (κ1) is 18.6. The maximum absolute atomic E-state index is 13.3. The molecular weight excluding hydrogens is 386 g/mol. The number of carbonyl (C=O) groups excluding carboxylic acids is 2. The molecule has 1 aliphatic carbocycles. The van der Waals surface area contributed by atoms with Crippen molar-refractivity contribution < 1.29 is 9.59 Å². The van der Waals surface area contributed by atoms with Crippen LogP contribution in [0.15, 0.2) is 36.4 Å². The molecule has 2 heterocycles. The van der Waals surface area contributed by atoms with Crippen molar-refractivity contribution in [3.63, 3.8) is 0 Å². The van der Waals surface area contributed by atoms with Crippen molar-refractivity contribution >= 4 is 29.1 Å². The van der Waals surface area contributed by atoms with Crippen molar-refractivity contribution in [2.75, 3.05) is 18.5 Å². The molecule has 0 aromatic heterocycles. The van der Waals surface area contributed by atoms with E-state index in [2.05, 4.69) is 17.4 Å². The lowest BCUT2D eigenvalue weighted by Gasteiger charge is -2.53. The van der Waals surface area contributed by atoms with Crippen LogP contribution >= 0.6 is 11.6 Å². The summed E-state index contributed by atoms with van der Waals surface area (Å²) in [7, 11) is 1.78. The Balaban J connectivity index is 1.67. The van der Waals surface area contributed by atoms with Gasteiger partial charge in [0, 0.05) is 37.8 Å². The van der Waals surface area contributed by atoms with Crippen LogP contribution in [-0.4, -0.2) is 30.3 Å². The molecule has 2 aromatic rings. The van der Waals surface area contributed by atoms with Gasteiger partial charge in [-0.25, -0.2) is 0 Å². The number of hydrogen-bond acceptors (Lipinski definition) is 3. The first-order valence-electron chi connectivity index (χ1n) is 10.1. The third kappa shape index (κ3) is 2.87. The van der Waals surface area contributed by atoms with Gasteiger partial charge in [0.15, 0.2) is 5.54 Å². The third-order valence-electron chi connectivity index (χ3n) is 6.39. The molecule has 3 aliphatic rings. The maximum atomic E-state index is 13.3. The zero-order valence-corrected chi connectivity index (χ0v) is 17.4. The Morgan fingerprint density at radius 3 is 2.59 bits per heavy atom. The van der Waals surface area contributed by atoms with E-state index in [4.69, 9.17) is 11.6 Å². The Kier molecular flexibility index (Phi) is 4.23. The number of nitrogens with one attached hydrogen (secondary N) is 1. The lowest BCUT2D eigenvalue weighted by Crippen LogP contribution is -2.72. The molecule has 1 N–H and O–H groups in total. The van der Waals surface area contributed by atoms with Gasteiger partial charge < -0.3 is 10.2 Å². The molecule has 29 heavy (non-hydrogen) atoms. The van der Waals surface area contributed by atoms with Gasteiger partial charge in [0.25, 0.3) is 5.91 Å². The first-order valence-corrected chi connectivity index (χ1v) is 10.5. The van der Waals surface area contributed by atoms with Gasteiger partial charge in [-0.15, -0.1) is 0 Å². The van der Waals surface area contributed by atoms with E-state index in [1.54, 1.807) is 16.8 Å². The van der Waals surface area contributed by atoms with Crippen molar-refractivity contribution in [3.8, 4) is 0 Å². The number of hydrogen-bond donors (Lipinski definition) is 1. The maximum Gasteiger partial charge on any atom is 0.255 e. The average Bonchev–Trinajstić information content (AvgIpc) is 3.44. The summed E-state index contributed by atoms with van der Waals surface area (Å²) in [6.07, 6.45) is 2.30. The highest BCUT2D eigenvalue weighted by Gasteiger charge is 2.58. The summed E-state index contributed by atoms with van der Waals surface area (Å²) in [5, 5.41) is 3.95. The monoisotopic (exact) mass is 409 g/mol. The first-order chi connectivity index (χ1) is 13.9. The molecule has 150 valence electrons. The Hall–Kier alpha value is -2.37. The van der Waals surface area contributed by atoms with Gasteiger partial charge in [-0.1, -0.05) is 23.7 Å². The molecule has 0 spiro atoms. The number of carbonyl (C=O) groups is 2. The summed E-state index contributed by atoms with van der Waals surface area (Å²) in [6.45, 7) is 3.59. The summed E-state index contributed by atoms with van der Waals surface area (Å²) in [5.74, 6) is 0.287. The molecule has 2 amide bonds. The van der Waals surface area contributed by atoms with E-state index in [9.17, 15) is 9.59 Å². The molecule has 5 nitrogen and oxygen atoms in total. The molecule has 0 radical (unpaired) electrons. The number of benzene rings is 2. The molecule has 5 rings (SSSR count). The predicted molar refractivity (Wildman–Crippen MR) is 113 cm³/mol. The van der Waals surface area contributed by atoms with Crippen molar-refractivity contribution in [1.82, 2.24) is 10.2 Å². The van der Waals surface area contributed by atoms with Gasteiger partial charge in [0.05, 0.1) is 6.54 Å². The molecule has 2 fully saturated rings. The third-order valence-corrected chi connectivity index (χ3v) is 6.61. The minimum atomic E-state index is -1.05. The zero-order valence-electron chi connectivity index (χ0n) is 16.7. The van der Waals surface area contributed by atoms with Gasteiger partial charge in [-0.2, -0.15) is 0 Å². The molecule has 0 unspecified atom stereocenters. The van der Waals surface area contributed by atoms with Crippen LogP contribution in [0.5, 0.6) is 0 Å². The van der Waals surface area contributed by atoms with E-state index in [0.717, 1.165) is 42.7 Å². The number of likely N-dealkylation sites (N-methyl/N-ethyl adjacent to an activating group) is 1. The summed E-state index contributed by atoms with van der Waals surface area (Å²) in [6, 6.07) is 12.0. The molecular formula is C23H24ClN3O2. The fraction of sp³-hybridized carbons (Fsp3) is 0.391. The molecule has 1 saturated heterocycles. The van der Waals surface area contributed by atoms with E-state index >= 15 is 0 Å². The minimum Gasteiger partial charge on any atom is -0.340 e. The van der Waals surface area contributed by atoms with Crippen molar-refractivity contribution in [2.24, 2.45) is 0 Å². The number of fused-ring (bicyclic) bond motifs is 1. The highest BCUT2D eigenvalue weighted by atomic mass is 35.5. The topological polar surface area (TPSA) is 52.7 Å².